The van der Waals surface area contributed by atoms with E-state index in [1.54, 1.807) is 0 Å². The highest BCUT2D eigenvalue weighted by atomic mass is 16.4. The maximum atomic E-state index is 11.1. The van der Waals surface area contributed by atoms with Crippen LogP contribution in [0, 0.1) is 5.92 Å². The van der Waals surface area contributed by atoms with Crippen molar-refractivity contribution in [2.45, 2.75) is 19.3 Å². The molecule has 0 saturated carbocycles. The lowest BCUT2D eigenvalue weighted by atomic mass is 9.97. The number of aliphatic imine (C=N–C) groups is 1. The molecule has 21 heavy (non-hydrogen) atoms. The molecule has 1 aromatic carbocycles. The van der Waals surface area contributed by atoms with E-state index in [0.717, 1.165) is 56.0 Å². The second kappa shape index (κ2) is 6.16. The first kappa shape index (κ1) is 13.9. The van der Waals surface area contributed by atoms with Gasteiger partial charge in [-0.15, -0.1) is 0 Å². The molecule has 2 aliphatic heterocycles. The first-order chi connectivity index (χ1) is 10.2. The third-order valence-electron chi connectivity index (χ3n) is 4.17. The molecule has 2 heterocycles. The maximum absolute atomic E-state index is 11.1. The SMILES string of the molecule is O=C(O)C1CCCN(c2ccc(C3=NCCCN3)cc2)C1. The molecule has 1 saturated heterocycles. The molecule has 0 aromatic heterocycles. The third-order valence-corrected chi connectivity index (χ3v) is 4.17. The van der Waals surface area contributed by atoms with Gasteiger partial charge in [0, 0.05) is 37.4 Å². The Kier molecular flexibility index (Phi) is 4.08. The highest BCUT2D eigenvalue weighted by molar-refractivity contribution is 5.99. The number of benzene rings is 1. The Labute approximate surface area is 124 Å². The summed E-state index contributed by atoms with van der Waals surface area (Å²) in [7, 11) is 0. The number of carbonyl (C=O) groups is 1. The molecule has 0 bridgehead atoms. The van der Waals surface area contributed by atoms with Crippen molar-refractivity contribution in [3.05, 3.63) is 29.8 Å². The first-order valence-corrected chi connectivity index (χ1v) is 7.60. The molecule has 1 aromatic rings. The van der Waals surface area contributed by atoms with E-state index in [1.807, 2.05) is 0 Å². The second-order valence-corrected chi connectivity index (χ2v) is 5.68. The van der Waals surface area contributed by atoms with Gasteiger partial charge < -0.3 is 15.3 Å². The van der Waals surface area contributed by atoms with Crippen molar-refractivity contribution in [2.75, 3.05) is 31.1 Å². The molecule has 0 aliphatic carbocycles. The Balaban J connectivity index is 1.71. The number of aliphatic carboxylic acids is 1. The summed E-state index contributed by atoms with van der Waals surface area (Å²) in [6, 6.07) is 8.27. The van der Waals surface area contributed by atoms with Crippen molar-refractivity contribution >= 4 is 17.5 Å². The van der Waals surface area contributed by atoms with E-state index in [1.165, 1.54) is 0 Å². The molecule has 1 unspecified atom stereocenters. The zero-order chi connectivity index (χ0) is 14.7. The summed E-state index contributed by atoms with van der Waals surface area (Å²) in [5, 5.41) is 12.5. The van der Waals surface area contributed by atoms with Gasteiger partial charge in [0.05, 0.1) is 5.92 Å². The van der Waals surface area contributed by atoms with Crippen LogP contribution in [0.5, 0.6) is 0 Å². The molecular weight excluding hydrogens is 266 g/mol. The van der Waals surface area contributed by atoms with Crippen LogP contribution >= 0.6 is 0 Å². The molecule has 5 nitrogen and oxygen atoms in total. The van der Waals surface area contributed by atoms with Gasteiger partial charge in [-0.3, -0.25) is 9.79 Å². The van der Waals surface area contributed by atoms with Crippen LogP contribution in [0.3, 0.4) is 0 Å². The van der Waals surface area contributed by atoms with Gasteiger partial charge in [-0.05, 0) is 43.5 Å². The van der Waals surface area contributed by atoms with Crippen molar-refractivity contribution in [1.82, 2.24) is 5.32 Å². The van der Waals surface area contributed by atoms with E-state index >= 15 is 0 Å². The molecule has 3 rings (SSSR count). The van der Waals surface area contributed by atoms with E-state index in [4.69, 9.17) is 5.11 Å². The average Bonchev–Trinajstić information content (AvgIpc) is 2.56. The standard InChI is InChI=1S/C16H21N3O2/c20-16(21)13-3-1-10-19(11-13)14-6-4-12(5-7-14)15-17-8-2-9-18-15/h4-7,13H,1-3,8-11H2,(H,17,18)(H,20,21). The summed E-state index contributed by atoms with van der Waals surface area (Å²) in [6.07, 6.45) is 2.81. The number of rotatable bonds is 3. The Morgan fingerprint density at radius 1 is 1.29 bits per heavy atom. The lowest BCUT2D eigenvalue weighted by Crippen LogP contribution is -2.38. The normalized spacial score (nSPS) is 22.4. The van der Waals surface area contributed by atoms with Crippen LogP contribution in [0.25, 0.3) is 0 Å². The molecule has 1 fully saturated rings. The number of carboxylic acids is 1. The maximum Gasteiger partial charge on any atom is 0.308 e. The molecule has 0 amide bonds. The van der Waals surface area contributed by atoms with Gasteiger partial charge in [-0.2, -0.15) is 0 Å². The number of nitrogens with one attached hydrogen (secondary N) is 1. The van der Waals surface area contributed by atoms with Crippen molar-refractivity contribution in [2.24, 2.45) is 10.9 Å². The van der Waals surface area contributed by atoms with E-state index < -0.39 is 5.97 Å². The van der Waals surface area contributed by atoms with Gasteiger partial charge >= 0.3 is 5.97 Å². The summed E-state index contributed by atoms with van der Waals surface area (Å²) in [6.45, 7) is 3.40. The molecule has 0 spiro atoms. The smallest absolute Gasteiger partial charge is 0.308 e. The van der Waals surface area contributed by atoms with Crippen molar-refractivity contribution in [3.8, 4) is 0 Å². The minimum absolute atomic E-state index is 0.247. The van der Waals surface area contributed by atoms with Crippen LogP contribution in [0.4, 0.5) is 5.69 Å². The fourth-order valence-corrected chi connectivity index (χ4v) is 2.97. The lowest BCUT2D eigenvalue weighted by Gasteiger charge is -2.32. The molecule has 112 valence electrons. The largest absolute Gasteiger partial charge is 0.481 e. The molecule has 1 atom stereocenters. The predicted molar refractivity (Wildman–Crippen MR) is 83.0 cm³/mol. The monoisotopic (exact) mass is 287 g/mol. The summed E-state index contributed by atoms with van der Waals surface area (Å²) in [5.41, 5.74) is 2.20. The molecule has 5 heteroatoms. The van der Waals surface area contributed by atoms with Crippen LogP contribution in [-0.2, 0) is 4.79 Å². The molecule has 2 N–H and O–H groups in total. The Morgan fingerprint density at radius 3 is 2.76 bits per heavy atom. The van der Waals surface area contributed by atoms with E-state index in [2.05, 4.69) is 39.5 Å². The Bertz CT molecular complexity index is 539. The predicted octanol–water partition coefficient (Wildman–Crippen LogP) is 1.73. The number of nitrogens with zero attached hydrogens (tertiary/aromatic N) is 2. The van der Waals surface area contributed by atoms with Crippen LogP contribution in [0.1, 0.15) is 24.8 Å². The zero-order valence-electron chi connectivity index (χ0n) is 12.1. The zero-order valence-corrected chi connectivity index (χ0v) is 12.1. The topological polar surface area (TPSA) is 64.9 Å². The summed E-state index contributed by atoms with van der Waals surface area (Å²) in [4.78, 5) is 17.8. The van der Waals surface area contributed by atoms with Crippen LogP contribution < -0.4 is 10.2 Å². The van der Waals surface area contributed by atoms with Gasteiger partial charge in [0.1, 0.15) is 5.84 Å². The number of amidine groups is 1. The third kappa shape index (κ3) is 3.17. The fraction of sp³-hybridized carbons (Fsp3) is 0.500. The minimum atomic E-state index is -0.683. The van der Waals surface area contributed by atoms with Gasteiger partial charge in [0.15, 0.2) is 0 Å². The van der Waals surface area contributed by atoms with Crippen molar-refractivity contribution < 1.29 is 9.90 Å². The summed E-state index contributed by atoms with van der Waals surface area (Å²) < 4.78 is 0. The highest BCUT2D eigenvalue weighted by Gasteiger charge is 2.25. The molecule has 0 radical (unpaired) electrons. The van der Waals surface area contributed by atoms with Crippen LogP contribution in [0.2, 0.25) is 0 Å². The van der Waals surface area contributed by atoms with Gasteiger partial charge in [0.2, 0.25) is 0 Å². The fourth-order valence-electron chi connectivity index (χ4n) is 2.97. The van der Waals surface area contributed by atoms with Crippen molar-refractivity contribution in [3.63, 3.8) is 0 Å². The Morgan fingerprint density at radius 2 is 2.10 bits per heavy atom. The lowest BCUT2D eigenvalue weighted by molar-refractivity contribution is -0.141. The quantitative estimate of drug-likeness (QED) is 0.888. The van der Waals surface area contributed by atoms with E-state index in [0.29, 0.717) is 6.54 Å². The van der Waals surface area contributed by atoms with E-state index in [-0.39, 0.29) is 5.92 Å². The number of anilines is 1. The summed E-state index contributed by atoms with van der Waals surface area (Å²) >= 11 is 0. The number of hydrogen-bond acceptors (Lipinski definition) is 4. The number of hydrogen-bond donors (Lipinski definition) is 2. The van der Waals surface area contributed by atoms with Crippen LogP contribution in [-0.4, -0.2) is 43.1 Å². The number of piperidine rings is 1. The van der Waals surface area contributed by atoms with E-state index in [9.17, 15) is 4.79 Å². The molecular formula is C16H21N3O2. The number of carboxylic acid groups (broad SMARTS) is 1. The molecule has 2 aliphatic rings. The minimum Gasteiger partial charge on any atom is -0.481 e. The average molecular weight is 287 g/mol. The summed E-state index contributed by atoms with van der Waals surface area (Å²) in [5.74, 6) is 0.0368. The first-order valence-electron chi connectivity index (χ1n) is 7.60. The Hall–Kier alpha value is -2.04. The van der Waals surface area contributed by atoms with Gasteiger partial charge in [0.25, 0.3) is 0 Å². The van der Waals surface area contributed by atoms with Gasteiger partial charge in [-0.25, -0.2) is 0 Å². The highest BCUT2D eigenvalue weighted by Crippen LogP contribution is 2.23. The van der Waals surface area contributed by atoms with Crippen molar-refractivity contribution in [1.29, 1.82) is 0 Å². The van der Waals surface area contributed by atoms with Gasteiger partial charge in [-0.1, -0.05) is 0 Å². The second-order valence-electron chi connectivity index (χ2n) is 5.68. The van der Waals surface area contributed by atoms with Crippen LogP contribution in [0.15, 0.2) is 29.3 Å².